The third-order valence-corrected chi connectivity index (χ3v) is 15.2. The number of aliphatic hydroxyl groups excluding tert-OH is 1. The van der Waals surface area contributed by atoms with Crippen LogP contribution in [0.25, 0.3) is 11.3 Å². The number of carbonyl (C=O) groups excluding carboxylic acids is 2. The Labute approximate surface area is 336 Å². The standard InChI is InChI=1S/C45H50ClF3N2O6/c1-5-22-51(39(54)50-28-7-9-30(56-4)10-8-28)26-43(55)19-16-37-41(43,3)18-15-36-40(2)17-14-29(52)24-42(40)20-21-44(36,37)32(25-42)38(53)35-13-12-34(57-35)31-23-27(45(47,48)49)6-11-33(31)46/h6-13,20-21,23,25,29,36-37,52,55H,5,14-19,22,24,26H2,1-4H3,(H,50,54)/t29?,36-,37-,40-,41+,42+,43-,44-/m1/s1. The van der Waals surface area contributed by atoms with Crippen LogP contribution in [-0.4, -0.2) is 58.8 Å². The van der Waals surface area contributed by atoms with Crippen molar-refractivity contribution in [3.8, 4) is 17.1 Å². The molecule has 2 aromatic carbocycles. The Bertz CT molecular complexity index is 2150. The van der Waals surface area contributed by atoms with E-state index in [9.17, 15) is 28.2 Å². The zero-order valence-electron chi connectivity index (χ0n) is 32.7. The molecule has 9 rings (SSSR count). The highest BCUT2D eigenvalue weighted by atomic mass is 35.5. The number of nitrogens with one attached hydrogen (secondary N) is 1. The van der Waals surface area contributed by atoms with Gasteiger partial charge >= 0.3 is 12.2 Å². The molecular weight excluding hydrogens is 757 g/mol. The fourth-order valence-corrected chi connectivity index (χ4v) is 12.2. The number of aliphatic hydroxyl groups is 2. The molecule has 2 amide bonds. The second kappa shape index (κ2) is 13.8. The minimum atomic E-state index is -4.60. The van der Waals surface area contributed by atoms with Gasteiger partial charge in [0, 0.05) is 39.6 Å². The molecule has 1 aromatic heterocycles. The molecule has 3 fully saturated rings. The van der Waals surface area contributed by atoms with Gasteiger partial charge in [-0.1, -0.05) is 50.6 Å². The number of halogens is 4. The molecule has 8 nitrogen and oxygen atoms in total. The number of amides is 2. The summed E-state index contributed by atoms with van der Waals surface area (Å²) in [6.07, 6.45) is 6.30. The van der Waals surface area contributed by atoms with E-state index in [-0.39, 0.29) is 57.7 Å². The van der Waals surface area contributed by atoms with E-state index < -0.39 is 39.7 Å². The number of hydrogen-bond donors (Lipinski definition) is 3. The molecule has 1 heterocycles. The maximum absolute atomic E-state index is 15.1. The van der Waals surface area contributed by atoms with E-state index >= 15 is 4.79 Å². The highest BCUT2D eigenvalue weighted by molar-refractivity contribution is 6.33. The maximum atomic E-state index is 15.1. The Hall–Kier alpha value is -4.06. The Balaban J connectivity index is 1.16. The summed E-state index contributed by atoms with van der Waals surface area (Å²) in [6, 6.07) is 12.7. The number of allylic oxidation sites excluding steroid dienone is 4. The monoisotopic (exact) mass is 806 g/mol. The first-order valence-corrected chi connectivity index (χ1v) is 20.4. The molecule has 0 saturated heterocycles. The zero-order chi connectivity index (χ0) is 40.8. The Morgan fingerprint density at radius 1 is 0.982 bits per heavy atom. The molecule has 2 bridgehead atoms. The van der Waals surface area contributed by atoms with E-state index in [2.05, 4.69) is 37.4 Å². The van der Waals surface area contributed by atoms with Crippen LogP contribution in [0.2, 0.25) is 5.02 Å². The van der Waals surface area contributed by atoms with E-state index in [0.29, 0.717) is 68.5 Å². The number of anilines is 1. The van der Waals surface area contributed by atoms with Crippen LogP contribution in [-0.2, 0) is 6.18 Å². The zero-order valence-corrected chi connectivity index (χ0v) is 33.5. The molecule has 6 aliphatic rings. The molecule has 3 N–H and O–H groups in total. The average Bonchev–Trinajstić information content (AvgIpc) is 3.77. The summed E-state index contributed by atoms with van der Waals surface area (Å²) in [4.78, 5) is 30.6. The highest BCUT2D eigenvalue weighted by Gasteiger charge is 2.74. The number of benzene rings is 2. The second-order valence-electron chi connectivity index (χ2n) is 17.6. The van der Waals surface area contributed by atoms with Gasteiger partial charge in [-0.05, 0) is 123 Å². The van der Waals surface area contributed by atoms with Crippen molar-refractivity contribution in [3.05, 3.63) is 94.7 Å². The van der Waals surface area contributed by atoms with Crippen molar-refractivity contribution in [1.29, 1.82) is 0 Å². The van der Waals surface area contributed by atoms with Crippen LogP contribution in [0.3, 0.4) is 0 Å². The highest BCUT2D eigenvalue weighted by Crippen LogP contribution is 2.78. The minimum Gasteiger partial charge on any atom is -0.497 e. The second-order valence-corrected chi connectivity index (χ2v) is 18.0. The normalized spacial score (nSPS) is 33.9. The van der Waals surface area contributed by atoms with Crippen molar-refractivity contribution in [1.82, 2.24) is 4.90 Å². The van der Waals surface area contributed by atoms with Crippen molar-refractivity contribution in [2.75, 3.05) is 25.5 Å². The number of carbonyl (C=O) groups is 2. The van der Waals surface area contributed by atoms with Crippen LogP contribution in [0.4, 0.5) is 23.7 Å². The van der Waals surface area contributed by atoms with E-state index in [1.807, 2.05) is 6.92 Å². The van der Waals surface area contributed by atoms with Gasteiger partial charge in [0.2, 0.25) is 5.78 Å². The summed E-state index contributed by atoms with van der Waals surface area (Å²) in [5.41, 5.74) is -3.37. The fourth-order valence-electron chi connectivity index (χ4n) is 11.9. The first-order chi connectivity index (χ1) is 26.9. The number of ether oxygens (including phenoxy) is 1. The molecule has 12 heteroatoms. The Morgan fingerprint density at radius 2 is 1.68 bits per heavy atom. The number of furan rings is 1. The Kier molecular flexibility index (Phi) is 9.60. The van der Waals surface area contributed by atoms with Gasteiger partial charge in [-0.2, -0.15) is 13.2 Å². The summed E-state index contributed by atoms with van der Waals surface area (Å²) in [7, 11) is 1.58. The van der Waals surface area contributed by atoms with Crippen molar-refractivity contribution in [2.24, 2.45) is 33.5 Å². The topological polar surface area (TPSA) is 112 Å². The van der Waals surface area contributed by atoms with Gasteiger partial charge in [0.25, 0.3) is 0 Å². The van der Waals surface area contributed by atoms with Gasteiger partial charge in [0.05, 0.1) is 35.9 Å². The molecule has 6 aliphatic carbocycles. The van der Waals surface area contributed by atoms with E-state index in [0.717, 1.165) is 18.6 Å². The lowest BCUT2D eigenvalue weighted by atomic mass is 9.32. The summed E-state index contributed by atoms with van der Waals surface area (Å²) >= 11 is 6.38. The van der Waals surface area contributed by atoms with Crippen LogP contribution in [0.1, 0.15) is 88.3 Å². The number of urea groups is 1. The number of Topliss-reactive ketones (excluding diaryl/α,β-unsaturated/α-hetero) is 1. The van der Waals surface area contributed by atoms with Gasteiger partial charge in [-0.25, -0.2) is 4.79 Å². The third kappa shape index (κ3) is 6.00. The number of fused-ring (bicyclic) bond motifs is 1. The lowest BCUT2D eigenvalue weighted by molar-refractivity contribution is -0.174. The number of ketones is 1. The molecule has 3 aromatic rings. The predicted octanol–water partition coefficient (Wildman–Crippen LogP) is 10.3. The third-order valence-electron chi connectivity index (χ3n) is 14.9. The van der Waals surface area contributed by atoms with Crippen LogP contribution in [0, 0.1) is 33.5 Å². The molecule has 304 valence electrons. The molecule has 3 saturated carbocycles. The first kappa shape index (κ1) is 39.8. The van der Waals surface area contributed by atoms with Gasteiger partial charge < -0.3 is 29.6 Å². The van der Waals surface area contributed by atoms with Gasteiger partial charge in [-0.3, -0.25) is 4.79 Å². The van der Waals surface area contributed by atoms with E-state index in [1.165, 1.54) is 18.2 Å². The Morgan fingerprint density at radius 3 is 2.39 bits per heavy atom. The van der Waals surface area contributed by atoms with Crippen molar-refractivity contribution in [2.45, 2.75) is 90.0 Å². The molecular formula is C45H50ClF3N2O6. The lowest BCUT2D eigenvalue weighted by Gasteiger charge is -2.71. The number of methoxy groups -OCH3 is 1. The fraction of sp³-hybridized carbons (Fsp3) is 0.511. The number of hydrogen-bond acceptors (Lipinski definition) is 6. The number of alkyl halides is 3. The van der Waals surface area contributed by atoms with Gasteiger partial charge in [0.15, 0.2) is 5.76 Å². The smallest absolute Gasteiger partial charge is 0.416 e. The minimum absolute atomic E-state index is 0.00401. The number of nitrogens with zero attached hydrogens (tertiary/aromatic N) is 1. The van der Waals surface area contributed by atoms with Crippen molar-refractivity contribution >= 4 is 29.1 Å². The largest absolute Gasteiger partial charge is 0.497 e. The molecule has 0 radical (unpaired) electrons. The summed E-state index contributed by atoms with van der Waals surface area (Å²) < 4.78 is 52.4. The summed E-state index contributed by atoms with van der Waals surface area (Å²) in [6.45, 7) is 6.94. The van der Waals surface area contributed by atoms with E-state index in [4.69, 9.17) is 20.8 Å². The van der Waals surface area contributed by atoms with Crippen molar-refractivity contribution in [3.63, 3.8) is 0 Å². The van der Waals surface area contributed by atoms with Crippen LogP contribution >= 0.6 is 11.6 Å². The first-order valence-electron chi connectivity index (χ1n) is 20.0. The van der Waals surface area contributed by atoms with Crippen LogP contribution < -0.4 is 10.1 Å². The molecule has 1 unspecified atom stereocenters. The lowest BCUT2D eigenvalue weighted by Crippen LogP contribution is -2.67. The SMILES string of the molecule is CCCN(C[C@]1(O)CC[C@H]2[C@]34C=C[C@@]5(C=C3C(=O)c3ccc(-c6cc(C(F)(F)F)ccc6Cl)o3)CC(O)CC[C@]5(C)[C@H]4CC[C@@]21C)C(=O)Nc1ccc(OC)cc1. The number of rotatable bonds is 9. The van der Waals surface area contributed by atoms with E-state index in [1.54, 1.807) is 36.3 Å². The molecule has 57 heavy (non-hydrogen) atoms. The van der Waals surface area contributed by atoms with Gasteiger partial charge in [0.1, 0.15) is 11.5 Å². The molecule has 2 spiro atoms. The summed E-state index contributed by atoms with van der Waals surface area (Å²) in [5.74, 6) is 0.142. The molecule has 8 atom stereocenters. The van der Waals surface area contributed by atoms with Crippen molar-refractivity contribution < 1.29 is 42.1 Å². The average molecular weight is 807 g/mol. The predicted molar refractivity (Wildman–Crippen MR) is 211 cm³/mol. The maximum Gasteiger partial charge on any atom is 0.416 e. The van der Waals surface area contributed by atoms with Crippen LogP contribution in [0.5, 0.6) is 5.75 Å². The summed E-state index contributed by atoms with van der Waals surface area (Å²) in [5, 5.41) is 27.0. The van der Waals surface area contributed by atoms with Gasteiger partial charge in [-0.15, -0.1) is 0 Å². The molecule has 0 aliphatic heterocycles. The van der Waals surface area contributed by atoms with Crippen LogP contribution in [0.15, 0.2) is 82.8 Å². The quantitative estimate of drug-likeness (QED) is 0.147.